The van der Waals surface area contributed by atoms with Gasteiger partial charge < -0.3 is 15.2 Å². The molecule has 2 N–H and O–H groups in total. The zero-order chi connectivity index (χ0) is 23.2. The van der Waals surface area contributed by atoms with Gasteiger partial charge in [0.05, 0.1) is 6.42 Å². The molecule has 1 aliphatic rings. The third-order valence-electron chi connectivity index (χ3n) is 5.83. The molecule has 8 heteroatoms. The second-order valence-electron chi connectivity index (χ2n) is 8.22. The molecule has 33 heavy (non-hydrogen) atoms. The van der Waals surface area contributed by atoms with Crippen LogP contribution in [0, 0.1) is 6.92 Å². The third-order valence-corrected chi connectivity index (χ3v) is 5.83. The van der Waals surface area contributed by atoms with Gasteiger partial charge in [0.15, 0.2) is 0 Å². The van der Waals surface area contributed by atoms with Gasteiger partial charge in [0, 0.05) is 54.4 Å². The van der Waals surface area contributed by atoms with Crippen molar-refractivity contribution in [2.45, 2.75) is 39.2 Å². The summed E-state index contributed by atoms with van der Waals surface area (Å²) in [6, 6.07) is 10.9. The van der Waals surface area contributed by atoms with Crippen LogP contribution in [0.5, 0.6) is 0 Å². The molecule has 1 aliphatic heterocycles. The number of piperidine rings is 1. The van der Waals surface area contributed by atoms with Crippen LogP contribution in [-0.2, 0) is 17.8 Å². The zero-order valence-corrected chi connectivity index (χ0v) is 18.6. The van der Waals surface area contributed by atoms with Crippen LogP contribution in [0.1, 0.15) is 46.4 Å². The number of aryl methyl sites for hydroxylation is 1. The number of pyridine rings is 1. The van der Waals surface area contributed by atoms with Crippen molar-refractivity contribution in [2.24, 2.45) is 0 Å². The molecular weight excluding hydrogens is 418 g/mol. The summed E-state index contributed by atoms with van der Waals surface area (Å²) in [6.45, 7) is 3.66. The van der Waals surface area contributed by atoms with Crippen molar-refractivity contribution >= 4 is 11.8 Å². The minimum Gasteiger partial charge on any atom is -0.352 e. The highest BCUT2D eigenvalue weighted by Gasteiger charge is 2.18. The summed E-state index contributed by atoms with van der Waals surface area (Å²) in [4.78, 5) is 50.7. The lowest BCUT2D eigenvalue weighted by Crippen LogP contribution is -2.35. The number of carbonyl (C=O) groups is 2. The van der Waals surface area contributed by atoms with E-state index in [1.165, 1.54) is 6.42 Å². The normalized spacial score (nSPS) is 13.5. The van der Waals surface area contributed by atoms with Crippen LogP contribution >= 0.6 is 0 Å². The van der Waals surface area contributed by atoms with E-state index in [0.717, 1.165) is 31.5 Å². The third kappa shape index (κ3) is 5.52. The number of hydrogen-bond acceptors (Lipinski definition) is 5. The lowest BCUT2D eigenvalue weighted by Gasteiger charge is -2.26. The van der Waals surface area contributed by atoms with Gasteiger partial charge in [-0.15, -0.1) is 0 Å². The number of benzene rings is 1. The molecule has 0 saturated carbocycles. The number of hydrogen-bond donors (Lipinski definition) is 2. The molecule has 2 amide bonds. The van der Waals surface area contributed by atoms with Crippen LogP contribution in [0.2, 0.25) is 0 Å². The topological polar surface area (TPSA) is 108 Å². The molecule has 0 unspecified atom stereocenters. The fourth-order valence-corrected chi connectivity index (χ4v) is 3.93. The Balaban J connectivity index is 1.35. The van der Waals surface area contributed by atoms with Crippen molar-refractivity contribution < 1.29 is 9.59 Å². The Morgan fingerprint density at radius 1 is 1.09 bits per heavy atom. The fourth-order valence-electron chi connectivity index (χ4n) is 3.93. The summed E-state index contributed by atoms with van der Waals surface area (Å²) in [6.07, 6.45) is 6.49. The second kappa shape index (κ2) is 10.2. The molecule has 170 valence electrons. The van der Waals surface area contributed by atoms with Crippen LogP contribution in [0.4, 0.5) is 0 Å². The first-order chi connectivity index (χ1) is 16.0. The Morgan fingerprint density at radius 3 is 2.52 bits per heavy atom. The van der Waals surface area contributed by atoms with Crippen LogP contribution in [-0.4, -0.2) is 44.8 Å². The Bertz CT molecular complexity index is 1180. The quantitative estimate of drug-likeness (QED) is 0.606. The maximum Gasteiger partial charge on any atom is 0.255 e. The minimum absolute atomic E-state index is 0.0576. The molecule has 1 aromatic carbocycles. The fraction of sp³-hybridized carbons (Fsp3) is 0.320. The van der Waals surface area contributed by atoms with Crippen molar-refractivity contribution in [3.8, 4) is 11.4 Å². The van der Waals surface area contributed by atoms with Crippen LogP contribution < -0.4 is 10.9 Å². The molecular formula is C25H27N5O3. The SMILES string of the molecule is Cc1nc(-c2cccnc2)[nH]c(=O)c1CC(=O)NCc1ccc(C(=O)N2CCCCC2)cc1. The summed E-state index contributed by atoms with van der Waals surface area (Å²) >= 11 is 0. The maximum atomic E-state index is 12.6. The molecule has 3 heterocycles. The molecule has 0 aliphatic carbocycles. The van der Waals surface area contributed by atoms with E-state index in [0.29, 0.717) is 34.8 Å². The average Bonchev–Trinajstić information content (AvgIpc) is 2.86. The highest BCUT2D eigenvalue weighted by atomic mass is 16.2. The van der Waals surface area contributed by atoms with Gasteiger partial charge in [0.1, 0.15) is 5.82 Å². The lowest BCUT2D eigenvalue weighted by molar-refractivity contribution is -0.120. The lowest BCUT2D eigenvalue weighted by atomic mass is 10.1. The van der Waals surface area contributed by atoms with Gasteiger partial charge in [0.2, 0.25) is 5.91 Å². The second-order valence-corrected chi connectivity index (χ2v) is 8.22. The molecule has 3 aromatic rings. The Hall–Kier alpha value is -3.81. The van der Waals surface area contributed by atoms with E-state index in [1.807, 2.05) is 23.1 Å². The summed E-state index contributed by atoms with van der Waals surface area (Å²) in [5, 5.41) is 2.84. The van der Waals surface area contributed by atoms with Gasteiger partial charge in [-0.3, -0.25) is 19.4 Å². The number of likely N-dealkylation sites (tertiary alicyclic amines) is 1. The summed E-state index contributed by atoms with van der Waals surface area (Å²) in [7, 11) is 0. The van der Waals surface area contributed by atoms with Crippen molar-refractivity contribution in [1.29, 1.82) is 0 Å². The van der Waals surface area contributed by atoms with Gasteiger partial charge in [-0.1, -0.05) is 12.1 Å². The molecule has 0 spiro atoms. The molecule has 0 radical (unpaired) electrons. The number of aromatic nitrogens is 3. The van der Waals surface area contributed by atoms with Crippen molar-refractivity contribution in [3.05, 3.63) is 81.5 Å². The summed E-state index contributed by atoms with van der Waals surface area (Å²) in [5.41, 5.74) is 2.76. The number of H-pyrrole nitrogens is 1. The predicted molar refractivity (Wildman–Crippen MR) is 125 cm³/mol. The first-order valence-corrected chi connectivity index (χ1v) is 11.2. The molecule has 0 bridgehead atoms. The molecule has 1 saturated heterocycles. The molecule has 0 atom stereocenters. The first-order valence-electron chi connectivity index (χ1n) is 11.2. The largest absolute Gasteiger partial charge is 0.352 e. The number of nitrogens with one attached hydrogen (secondary N) is 2. The highest BCUT2D eigenvalue weighted by molar-refractivity contribution is 5.94. The van der Waals surface area contributed by atoms with E-state index in [4.69, 9.17) is 0 Å². The minimum atomic E-state index is -0.336. The van der Waals surface area contributed by atoms with Crippen LogP contribution in [0.3, 0.4) is 0 Å². The molecule has 8 nitrogen and oxygen atoms in total. The predicted octanol–water partition coefficient (Wildman–Crippen LogP) is 2.63. The first kappa shape index (κ1) is 22.4. The van der Waals surface area contributed by atoms with E-state index in [-0.39, 0.29) is 23.8 Å². The van der Waals surface area contributed by atoms with Gasteiger partial charge in [0.25, 0.3) is 11.5 Å². The van der Waals surface area contributed by atoms with Gasteiger partial charge in [-0.05, 0) is 56.0 Å². The zero-order valence-electron chi connectivity index (χ0n) is 18.6. The van der Waals surface area contributed by atoms with Crippen molar-refractivity contribution in [2.75, 3.05) is 13.1 Å². The van der Waals surface area contributed by atoms with E-state index < -0.39 is 0 Å². The van der Waals surface area contributed by atoms with Gasteiger partial charge in [-0.25, -0.2) is 4.98 Å². The average molecular weight is 446 g/mol. The van der Waals surface area contributed by atoms with Crippen molar-refractivity contribution in [3.63, 3.8) is 0 Å². The molecule has 1 fully saturated rings. The van der Waals surface area contributed by atoms with Gasteiger partial charge >= 0.3 is 0 Å². The van der Waals surface area contributed by atoms with E-state index >= 15 is 0 Å². The Labute approximate surface area is 192 Å². The summed E-state index contributed by atoms with van der Waals surface area (Å²) in [5.74, 6) is 0.212. The molecule has 4 rings (SSSR count). The number of aromatic amines is 1. The Kier molecular flexibility index (Phi) is 6.92. The molecule has 2 aromatic heterocycles. The number of rotatable bonds is 6. The van der Waals surface area contributed by atoms with E-state index in [2.05, 4.69) is 20.3 Å². The smallest absolute Gasteiger partial charge is 0.255 e. The van der Waals surface area contributed by atoms with E-state index in [1.54, 1.807) is 37.5 Å². The number of nitrogens with zero attached hydrogens (tertiary/aromatic N) is 3. The number of carbonyl (C=O) groups excluding carboxylic acids is 2. The monoisotopic (exact) mass is 445 g/mol. The van der Waals surface area contributed by atoms with Crippen molar-refractivity contribution in [1.82, 2.24) is 25.2 Å². The van der Waals surface area contributed by atoms with E-state index in [9.17, 15) is 14.4 Å². The highest BCUT2D eigenvalue weighted by Crippen LogP contribution is 2.15. The Morgan fingerprint density at radius 2 is 1.85 bits per heavy atom. The van der Waals surface area contributed by atoms with Crippen LogP contribution in [0.25, 0.3) is 11.4 Å². The number of amides is 2. The van der Waals surface area contributed by atoms with Gasteiger partial charge in [-0.2, -0.15) is 0 Å². The van der Waals surface area contributed by atoms with Crippen LogP contribution in [0.15, 0.2) is 53.6 Å². The summed E-state index contributed by atoms with van der Waals surface area (Å²) < 4.78 is 0. The maximum absolute atomic E-state index is 12.6. The standard InChI is InChI=1S/C25H27N5O3/c1-17-21(24(32)29-23(28-17)20-6-5-11-26-16-20)14-22(31)27-15-18-7-9-19(10-8-18)25(33)30-12-3-2-4-13-30/h5-11,16H,2-4,12-15H2,1H3,(H,27,31)(H,28,29,32).